The summed E-state index contributed by atoms with van der Waals surface area (Å²) in [5, 5.41) is 0. The second-order valence-corrected chi connectivity index (χ2v) is 5.22. The molecule has 0 aliphatic heterocycles. The highest BCUT2D eigenvalue weighted by molar-refractivity contribution is 6.17. The molecule has 0 aromatic rings. The van der Waals surface area contributed by atoms with Crippen LogP contribution in [0, 0.1) is 22.7 Å². The number of rotatable bonds is 5. The number of halogens is 1. The number of carbonyl (C=O) groups is 2. The highest BCUT2D eigenvalue weighted by Crippen LogP contribution is 2.64. The predicted molar refractivity (Wildman–Crippen MR) is 71.5 cm³/mol. The number of ether oxygens (including phenoxy) is 2. The summed E-state index contributed by atoms with van der Waals surface area (Å²) in [5.41, 5.74) is -1.94. The Morgan fingerprint density at radius 2 is 1.79 bits per heavy atom. The second kappa shape index (κ2) is 6.29. The summed E-state index contributed by atoms with van der Waals surface area (Å²) in [6.07, 6.45) is 2.88. The van der Waals surface area contributed by atoms with E-state index in [9.17, 15) is 9.59 Å². The van der Waals surface area contributed by atoms with Crippen molar-refractivity contribution in [1.29, 1.82) is 0 Å². The van der Waals surface area contributed by atoms with E-state index in [2.05, 4.69) is 11.8 Å². The van der Waals surface area contributed by atoms with Crippen LogP contribution in [-0.2, 0) is 19.1 Å². The third-order valence-electron chi connectivity index (χ3n) is 3.55. The first-order valence-electron chi connectivity index (χ1n) is 6.21. The first kappa shape index (κ1) is 15.8. The minimum Gasteiger partial charge on any atom is -0.468 e. The molecular formula is C14H19ClO4. The fourth-order valence-corrected chi connectivity index (χ4v) is 2.42. The number of esters is 2. The van der Waals surface area contributed by atoms with Gasteiger partial charge in [-0.05, 0) is 26.2 Å². The molecule has 1 rings (SSSR count). The van der Waals surface area contributed by atoms with Gasteiger partial charge in [0.25, 0.3) is 0 Å². The number of hydrogen-bond acceptors (Lipinski definition) is 4. The average Bonchev–Trinajstić information content (AvgIpc) is 3.04. The van der Waals surface area contributed by atoms with Crippen molar-refractivity contribution >= 4 is 23.5 Å². The molecule has 0 heterocycles. The number of carbonyl (C=O) groups excluding carboxylic acids is 2. The van der Waals surface area contributed by atoms with Gasteiger partial charge in [-0.1, -0.05) is 5.92 Å². The standard InChI is InChI=1S/C14H19ClO4/c1-13(8-6-4-5-7-9-15)10-14(13,11(16)18-2)12(17)19-3/h4-5,7,9-10H2,1-3H3. The van der Waals surface area contributed by atoms with Crippen molar-refractivity contribution in [1.82, 2.24) is 0 Å². The quantitative estimate of drug-likeness (QED) is 0.255. The first-order valence-corrected chi connectivity index (χ1v) is 6.75. The number of alkyl halides is 1. The summed E-state index contributed by atoms with van der Waals surface area (Å²) in [7, 11) is 2.53. The van der Waals surface area contributed by atoms with Crippen LogP contribution < -0.4 is 0 Å². The molecule has 1 atom stereocenters. The Hall–Kier alpha value is -1.21. The molecule has 0 amide bonds. The van der Waals surface area contributed by atoms with Crippen molar-refractivity contribution < 1.29 is 19.1 Å². The largest absolute Gasteiger partial charge is 0.468 e. The van der Waals surface area contributed by atoms with E-state index in [1.54, 1.807) is 6.92 Å². The minimum absolute atomic E-state index is 0.349. The van der Waals surface area contributed by atoms with Crippen molar-refractivity contribution in [2.45, 2.75) is 32.6 Å². The topological polar surface area (TPSA) is 52.6 Å². The highest BCUT2D eigenvalue weighted by Gasteiger charge is 2.76. The molecule has 0 spiro atoms. The lowest BCUT2D eigenvalue weighted by molar-refractivity contribution is -0.162. The van der Waals surface area contributed by atoms with Gasteiger partial charge in [-0.2, -0.15) is 0 Å². The minimum atomic E-state index is -1.25. The van der Waals surface area contributed by atoms with E-state index in [4.69, 9.17) is 21.1 Å². The van der Waals surface area contributed by atoms with E-state index in [0.29, 0.717) is 18.7 Å². The Balaban J connectivity index is 2.78. The first-order chi connectivity index (χ1) is 8.98. The van der Waals surface area contributed by atoms with Gasteiger partial charge in [-0.15, -0.1) is 17.5 Å². The molecule has 1 fully saturated rings. The number of methoxy groups -OCH3 is 2. The lowest BCUT2D eigenvalue weighted by atomic mass is 9.94. The lowest BCUT2D eigenvalue weighted by Gasteiger charge is -2.14. The predicted octanol–water partition coefficient (Wildman–Crippen LogP) is 2.14. The molecule has 0 radical (unpaired) electrons. The summed E-state index contributed by atoms with van der Waals surface area (Å²) >= 11 is 5.58. The van der Waals surface area contributed by atoms with E-state index in [-0.39, 0.29) is 0 Å². The lowest BCUT2D eigenvalue weighted by Crippen LogP contribution is -2.33. The Labute approximate surface area is 118 Å². The fraction of sp³-hybridized carbons (Fsp3) is 0.714. The molecule has 106 valence electrons. The van der Waals surface area contributed by atoms with Crippen molar-refractivity contribution in [2.75, 3.05) is 20.1 Å². The molecular weight excluding hydrogens is 268 g/mol. The van der Waals surface area contributed by atoms with Gasteiger partial charge >= 0.3 is 11.9 Å². The van der Waals surface area contributed by atoms with Crippen LogP contribution in [0.5, 0.6) is 0 Å². The second-order valence-electron chi connectivity index (χ2n) is 4.85. The molecule has 0 N–H and O–H groups in total. The monoisotopic (exact) mass is 286 g/mol. The number of unbranched alkanes of at least 4 members (excludes halogenated alkanes) is 2. The van der Waals surface area contributed by atoms with E-state index in [1.807, 2.05) is 0 Å². The molecule has 0 bridgehead atoms. The van der Waals surface area contributed by atoms with Gasteiger partial charge in [0.05, 0.1) is 19.6 Å². The average molecular weight is 287 g/mol. The summed E-state index contributed by atoms with van der Waals surface area (Å²) in [6.45, 7) is 1.79. The van der Waals surface area contributed by atoms with Gasteiger partial charge < -0.3 is 9.47 Å². The van der Waals surface area contributed by atoms with Crippen molar-refractivity contribution in [3.05, 3.63) is 0 Å². The SMILES string of the molecule is COC(=O)C1(C(=O)OC)CC1(C)C#CCCCCCl. The van der Waals surface area contributed by atoms with Crippen LogP contribution in [0.15, 0.2) is 0 Å². The van der Waals surface area contributed by atoms with Crippen LogP contribution in [0.2, 0.25) is 0 Å². The molecule has 0 aromatic carbocycles. The van der Waals surface area contributed by atoms with Crippen molar-refractivity contribution in [2.24, 2.45) is 10.8 Å². The molecule has 5 heteroatoms. The van der Waals surface area contributed by atoms with E-state index in [0.717, 1.165) is 12.8 Å². The van der Waals surface area contributed by atoms with Gasteiger partial charge in [-0.25, -0.2) is 0 Å². The summed E-state index contributed by atoms with van der Waals surface area (Å²) in [4.78, 5) is 23.7. The molecule has 1 aliphatic carbocycles. The third kappa shape index (κ3) is 2.87. The maximum Gasteiger partial charge on any atom is 0.324 e. The van der Waals surface area contributed by atoms with Gasteiger partial charge in [-0.3, -0.25) is 9.59 Å². The number of hydrogen-bond donors (Lipinski definition) is 0. The smallest absolute Gasteiger partial charge is 0.324 e. The van der Waals surface area contributed by atoms with Crippen LogP contribution in [-0.4, -0.2) is 32.0 Å². The van der Waals surface area contributed by atoms with Gasteiger partial charge in [0, 0.05) is 12.3 Å². The van der Waals surface area contributed by atoms with Crippen LogP contribution in [0.4, 0.5) is 0 Å². The van der Waals surface area contributed by atoms with Gasteiger partial charge in [0.15, 0.2) is 5.41 Å². The molecule has 1 saturated carbocycles. The highest BCUT2D eigenvalue weighted by atomic mass is 35.5. The molecule has 4 nitrogen and oxygen atoms in total. The fourth-order valence-electron chi connectivity index (χ4n) is 2.23. The van der Waals surface area contributed by atoms with Crippen LogP contribution in [0.3, 0.4) is 0 Å². The maximum atomic E-state index is 11.8. The Bertz CT molecular complexity index is 405. The molecule has 0 saturated heterocycles. The van der Waals surface area contributed by atoms with E-state index in [1.165, 1.54) is 14.2 Å². The molecule has 19 heavy (non-hydrogen) atoms. The van der Waals surface area contributed by atoms with E-state index < -0.39 is 22.8 Å². The molecule has 1 aliphatic rings. The van der Waals surface area contributed by atoms with Gasteiger partial charge in [0.2, 0.25) is 0 Å². The van der Waals surface area contributed by atoms with Crippen LogP contribution >= 0.6 is 11.6 Å². The Morgan fingerprint density at radius 3 is 2.26 bits per heavy atom. The summed E-state index contributed by atoms with van der Waals surface area (Å²) < 4.78 is 9.43. The van der Waals surface area contributed by atoms with Crippen molar-refractivity contribution in [3.8, 4) is 11.8 Å². The molecule has 1 unspecified atom stereocenters. The zero-order chi connectivity index (χ0) is 14.5. The van der Waals surface area contributed by atoms with Crippen molar-refractivity contribution in [3.63, 3.8) is 0 Å². The van der Waals surface area contributed by atoms with Crippen LogP contribution in [0.25, 0.3) is 0 Å². The zero-order valence-corrected chi connectivity index (χ0v) is 12.3. The van der Waals surface area contributed by atoms with Gasteiger partial charge in [0.1, 0.15) is 0 Å². The van der Waals surface area contributed by atoms with E-state index >= 15 is 0 Å². The normalized spacial score (nSPS) is 22.9. The zero-order valence-electron chi connectivity index (χ0n) is 11.5. The van der Waals surface area contributed by atoms with Crippen LogP contribution in [0.1, 0.15) is 32.6 Å². The third-order valence-corrected chi connectivity index (χ3v) is 3.82. The maximum absolute atomic E-state index is 11.8. The summed E-state index contributed by atoms with van der Waals surface area (Å²) in [5.74, 6) is 5.50. The summed E-state index contributed by atoms with van der Waals surface area (Å²) in [6, 6.07) is 0. The molecule has 0 aromatic heterocycles. The Morgan fingerprint density at radius 1 is 1.21 bits per heavy atom. The Kier molecular flexibility index (Phi) is 5.25.